The standard InChI is InChI=1S/C14H18N2O2/c1-16-13-8-4-3-7-12(13)15-14(16)10-11(17)6-5-9-18-2/h3-4,7-8H,5-6,9-10H2,1-2H3. The average molecular weight is 246 g/mol. The molecule has 0 aliphatic heterocycles. The molecule has 4 heteroatoms. The summed E-state index contributed by atoms with van der Waals surface area (Å²) in [5.74, 6) is 1.05. The molecule has 1 aromatic heterocycles. The monoisotopic (exact) mass is 246 g/mol. The number of aromatic nitrogens is 2. The number of imidazole rings is 1. The summed E-state index contributed by atoms with van der Waals surface area (Å²) in [6, 6.07) is 7.92. The van der Waals surface area contributed by atoms with Gasteiger partial charge in [-0.1, -0.05) is 12.1 Å². The molecule has 1 heterocycles. The molecule has 0 unspecified atom stereocenters. The molecule has 0 fully saturated rings. The number of rotatable bonds is 6. The predicted molar refractivity (Wildman–Crippen MR) is 70.5 cm³/mol. The molecule has 0 radical (unpaired) electrons. The van der Waals surface area contributed by atoms with Crippen LogP contribution in [0.2, 0.25) is 0 Å². The molecule has 18 heavy (non-hydrogen) atoms. The lowest BCUT2D eigenvalue weighted by molar-refractivity contribution is -0.118. The highest BCUT2D eigenvalue weighted by molar-refractivity contribution is 5.82. The van der Waals surface area contributed by atoms with Crippen molar-refractivity contribution < 1.29 is 9.53 Å². The molecule has 0 atom stereocenters. The number of methoxy groups -OCH3 is 1. The van der Waals surface area contributed by atoms with Crippen molar-refractivity contribution in [1.29, 1.82) is 0 Å². The number of hydrogen-bond donors (Lipinski definition) is 0. The molecule has 2 rings (SSSR count). The summed E-state index contributed by atoms with van der Waals surface area (Å²) >= 11 is 0. The quantitative estimate of drug-likeness (QED) is 0.733. The Kier molecular flexibility index (Phi) is 4.10. The van der Waals surface area contributed by atoms with Crippen molar-refractivity contribution in [2.45, 2.75) is 19.3 Å². The van der Waals surface area contributed by atoms with Crippen molar-refractivity contribution >= 4 is 16.8 Å². The topological polar surface area (TPSA) is 44.1 Å². The Labute approximate surface area is 107 Å². The number of carbonyl (C=O) groups is 1. The van der Waals surface area contributed by atoms with E-state index in [0.29, 0.717) is 19.4 Å². The first-order valence-electron chi connectivity index (χ1n) is 6.13. The zero-order valence-corrected chi connectivity index (χ0v) is 10.8. The third-order valence-electron chi connectivity index (χ3n) is 3.04. The van der Waals surface area contributed by atoms with Crippen LogP contribution in [0.5, 0.6) is 0 Å². The molecule has 0 aliphatic carbocycles. The summed E-state index contributed by atoms with van der Waals surface area (Å²) in [6.45, 7) is 0.633. The lowest BCUT2D eigenvalue weighted by Crippen LogP contribution is -2.08. The second kappa shape index (κ2) is 5.78. The first-order valence-corrected chi connectivity index (χ1v) is 6.13. The van der Waals surface area contributed by atoms with Crippen LogP contribution in [0.1, 0.15) is 18.7 Å². The Morgan fingerprint density at radius 3 is 2.89 bits per heavy atom. The first-order chi connectivity index (χ1) is 8.72. The van der Waals surface area contributed by atoms with Gasteiger partial charge in [0.05, 0.1) is 17.5 Å². The van der Waals surface area contributed by atoms with Crippen LogP contribution in [-0.2, 0) is 23.0 Å². The average Bonchev–Trinajstić information content (AvgIpc) is 2.67. The molecule has 2 aromatic rings. The van der Waals surface area contributed by atoms with Gasteiger partial charge in [-0.2, -0.15) is 0 Å². The van der Waals surface area contributed by atoms with Crippen molar-refractivity contribution in [3.8, 4) is 0 Å². The Bertz CT molecular complexity index is 546. The number of benzene rings is 1. The molecule has 0 saturated carbocycles. The Morgan fingerprint density at radius 1 is 1.39 bits per heavy atom. The number of ketones is 1. The van der Waals surface area contributed by atoms with Gasteiger partial charge in [0.1, 0.15) is 11.6 Å². The fourth-order valence-electron chi connectivity index (χ4n) is 2.03. The number of aryl methyl sites for hydroxylation is 1. The van der Waals surface area contributed by atoms with Gasteiger partial charge >= 0.3 is 0 Å². The van der Waals surface area contributed by atoms with E-state index in [4.69, 9.17) is 4.74 Å². The van der Waals surface area contributed by atoms with Gasteiger partial charge < -0.3 is 9.30 Å². The normalized spacial score (nSPS) is 11.0. The Morgan fingerprint density at radius 2 is 2.17 bits per heavy atom. The second-order valence-corrected chi connectivity index (χ2v) is 4.39. The number of para-hydroxylation sites is 2. The van der Waals surface area contributed by atoms with Gasteiger partial charge in [-0.25, -0.2) is 4.98 Å². The molecule has 0 aliphatic rings. The third kappa shape index (κ3) is 2.76. The fourth-order valence-corrected chi connectivity index (χ4v) is 2.03. The summed E-state index contributed by atoms with van der Waals surface area (Å²) in [6.07, 6.45) is 1.73. The van der Waals surface area contributed by atoms with Crippen LogP contribution < -0.4 is 0 Å². The molecular weight excluding hydrogens is 228 g/mol. The van der Waals surface area contributed by atoms with E-state index in [1.165, 1.54) is 0 Å². The van der Waals surface area contributed by atoms with Crippen LogP contribution in [0.4, 0.5) is 0 Å². The molecule has 0 bridgehead atoms. The Hall–Kier alpha value is -1.68. The third-order valence-corrected chi connectivity index (χ3v) is 3.04. The highest BCUT2D eigenvalue weighted by atomic mass is 16.5. The molecule has 4 nitrogen and oxygen atoms in total. The number of nitrogens with zero attached hydrogens (tertiary/aromatic N) is 2. The van der Waals surface area contributed by atoms with Crippen LogP contribution in [0.3, 0.4) is 0 Å². The maximum atomic E-state index is 11.8. The summed E-state index contributed by atoms with van der Waals surface area (Å²) in [5, 5.41) is 0. The fraction of sp³-hybridized carbons (Fsp3) is 0.429. The molecule has 96 valence electrons. The largest absolute Gasteiger partial charge is 0.385 e. The first kappa shape index (κ1) is 12.8. The van der Waals surface area contributed by atoms with E-state index >= 15 is 0 Å². The maximum absolute atomic E-state index is 11.8. The van der Waals surface area contributed by atoms with Crippen LogP contribution in [0, 0.1) is 0 Å². The molecule has 0 spiro atoms. The zero-order valence-electron chi connectivity index (χ0n) is 10.8. The zero-order chi connectivity index (χ0) is 13.0. The number of Topliss-reactive ketones (excluding diaryl/α,β-unsaturated/α-hetero) is 1. The van der Waals surface area contributed by atoms with E-state index in [2.05, 4.69) is 4.98 Å². The summed E-state index contributed by atoms with van der Waals surface area (Å²) in [7, 11) is 3.60. The van der Waals surface area contributed by atoms with Crippen LogP contribution in [-0.4, -0.2) is 29.1 Å². The van der Waals surface area contributed by atoms with Crippen LogP contribution in [0.25, 0.3) is 11.0 Å². The van der Waals surface area contributed by atoms with E-state index in [1.807, 2.05) is 35.9 Å². The van der Waals surface area contributed by atoms with Gasteiger partial charge in [-0.3, -0.25) is 4.79 Å². The van der Waals surface area contributed by atoms with E-state index in [9.17, 15) is 4.79 Å². The minimum absolute atomic E-state index is 0.213. The van der Waals surface area contributed by atoms with Crippen molar-refractivity contribution in [2.75, 3.05) is 13.7 Å². The van der Waals surface area contributed by atoms with Gasteiger partial charge in [0.2, 0.25) is 0 Å². The lowest BCUT2D eigenvalue weighted by atomic mass is 10.1. The van der Waals surface area contributed by atoms with Crippen molar-refractivity contribution in [3.05, 3.63) is 30.1 Å². The molecule has 0 saturated heterocycles. The van der Waals surface area contributed by atoms with Gasteiger partial charge in [-0.15, -0.1) is 0 Å². The number of hydrogen-bond acceptors (Lipinski definition) is 3. The minimum atomic E-state index is 0.213. The van der Waals surface area contributed by atoms with Gasteiger partial charge in [0, 0.05) is 27.2 Å². The minimum Gasteiger partial charge on any atom is -0.385 e. The van der Waals surface area contributed by atoms with Gasteiger partial charge in [0.25, 0.3) is 0 Å². The molecular formula is C14H18N2O2. The maximum Gasteiger partial charge on any atom is 0.140 e. The summed E-state index contributed by atoms with van der Waals surface area (Å²) in [5.41, 5.74) is 2.01. The second-order valence-electron chi connectivity index (χ2n) is 4.39. The highest BCUT2D eigenvalue weighted by Gasteiger charge is 2.11. The van der Waals surface area contributed by atoms with E-state index < -0.39 is 0 Å². The lowest BCUT2D eigenvalue weighted by Gasteiger charge is -2.02. The van der Waals surface area contributed by atoms with Gasteiger partial charge in [-0.05, 0) is 18.6 Å². The van der Waals surface area contributed by atoms with E-state index in [1.54, 1.807) is 7.11 Å². The summed E-state index contributed by atoms with van der Waals surface area (Å²) < 4.78 is 6.93. The van der Waals surface area contributed by atoms with Gasteiger partial charge in [0.15, 0.2) is 0 Å². The molecule has 1 aromatic carbocycles. The number of ether oxygens (including phenoxy) is 1. The Balaban J connectivity index is 2.07. The van der Waals surface area contributed by atoms with E-state index in [0.717, 1.165) is 23.3 Å². The van der Waals surface area contributed by atoms with Crippen molar-refractivity contribution in [2.24, 2.45) is 7.05 Å². The molecule has 0 N–H and O–H groups in total. The summed E-state index contributed by atoms with van der Waals surface area (Å²) in [4.78, 5) is 16.3. The van der Waals surface area contributed by atoms with Crippen molar-refractivity contribution in [1.82, 2.24) is 9.55 Å². The van der Waals surface area contributed by atoms with Crippen LogP contribution in [0.15, 0.2) is 24.3 Å². The SMILES string of the molecule is COCCCC(=O)Cc1nc2ccccc2n1C. The molecule has 0 amide bonds. The van der Waals surface area contributed by atoms with Crippen LogP contribution >= 0.6 is 0 Å². The van der Waals surface area contributed by atoms with E-state index in [-0.39, 0.29) is 5.78 Å². The number of carbonyl (C=O) groups excluding carboxylic acids is 1. The smallest absolute Gasteiger partial charge is 0.140 e. The van der Waals surface area contributed by atoms with Crippen molar-refractivity contribution in [3.63, 3.8) is 0 Å². The highest BCUT2D eigenvalue weighted by Crippen LogP contribution is 2.15. The predicted octanol–water partition coefficient (Wildman–Crippen LogP) is 2.11. The number of fused-ring (bicyclic) bond motifs is 1.